The van der Waals surface area contributed by atoms with Gasteiger partial charge in [0.05, 0.1) is 0 Å². The van der Waals surface area contributed by atoms with Gasteiger partial charge in [-0.25, -0.2) is 4.79 Å². The monoisotopic (exact) mass is 270 g/mol. The normalized spacial score (nSPS) is 14.2. The van der Waals surface area contributed by atoms with Crippen molar-refractivity contribution in [3.63, 3.8) is 0 Å². The van der Waals surface area contributed by atoms with E-state index in [0.717, 1.165) is 5.69 Å². The Labute approximate surface area is 115 Å². The number of aromatic amines is 1. The summed E-state index contributed by atoms with van der Waals surface area (Å²) in [7, 11) is 0. The first-order valence-electron chi connectivity index (χ1n) is 6.34. The molecule has 6 nitrogen and oxygen atoms in total. The molecule has 1 fully saturated rings. The van der Waals surface area contributed by atoms with Crippen LogP contribution in [0, 0.1) is 0 Å². The van der Waals surface area contributed by atoms with Gasteiger partial charge in [-0.05, 0) is 36.4 Å². The number of nitrogens with one attached hydrogen (secondary N) is 3. The molecular formula is C14H14N4O2. The number of anilines is 2. The SMILES string of the molecule is O=C(Nc1ccc(N2CCNC2=O)cc1)c1ccc[nH]1. The number of H-pyrrole nitrogens is 1. The van der Waals surface area contributed by atoms with Gasteiger partial charge in [0.15, 0.2) is 0 Å². The molecule has 2 heterocycles. The molecule has 0 saturated carbocycles. The van der Waals surface area contributed by atoms with Crippen LogP contribution in [0.25, 0.3) is 0 Å². The molecule has 3 amide bonds. The summed E-state index contributed by atoms with van der Waals surface area (Å²) in [5.41, 5.74) is 2.01. The maximum absolute atomic E-state index is 11.9. The highest BCUT2D eigenvalue weighted by atomic mass is 16.2. The molecule has 0 spiro atoms. The molecule has 3 N–H and O–H groups in total. The van der Waals surface area contributed by atoms with E-state index in [1.165, 1.54) is 0 Å². The van der Waals surface area contributed by atoms with Gasteiger partial charge in [-0.2, -0.15) is 0 Å². The van der Waals surface area contributed by atoms with E-state index in [-0.39, 0.29) is 11.9 Å². The molecule has 1 aliphatic rings. The van der Waals surface area contributed by atoms with Crippen molar-refractivity contribution in [2.45, 2.75) is 0 Å². The van der Waals surface area contributed by atoms with Gasteiger partial charge in [0.25, 0.3) is 5.91 Å². The van der Waals surface area contributed by atoms with E-state index in [1.807, 2.05) is 12.1 Å². The second-order valence-corrected chi connectivity index (χ2v) is 4.47. The summed E-state index contributed by atoms with van der Waals surface area (Å²) in [6.07, 6.45) is 1.70. The number of benzene rings is 1. The summed E-state index contributed by atoms with van der Waals surface area (Å²) >= 11 is 0. The Balaban J connectivity index is 1.70. The molecule has 1 aromatic heterocycles. The largest absolute Gasteiger partial charge is 0.357 e. The van der Waals surface area contributed by atoms with Crippen molar-refractivity contribution in [1.29, 1.82) is 0 Å². The Hall–Kier alpha value is -2.76. The van der Waals surface area contributed by atoms with Crippen LogP contribution in [0.5, 0.6) is 0 Å². The number of carbonyl (C=O) groups is 2. The molecule has 0 unspecified atom stereocenters. The molecule has 0 radical (unpaired) electrons. The molecule has 1 aromatic carbocycles. The van der Waals surface area contributed by atoms with Gasteiger partial charge in [0, 0.05) is 30.7 Å². The van der Waals surface area contributed by atoms with Crippen LogP contribution < -0.4 is 15.5 Å². The van der Waals surface area contributed by atoms with E-state index in [9.17, 15) is 9.59 Å². The van der Waals surface area contributed by atoms with Crippen molar-refractivity contribution in [1.82, 2.24) is 10.3 Å². The predicted molar refractivity (Wildman–Crippen MR) is 75.9 cm³/mol. The van der Waals surface area contributed by atoms with E-state index in [1.54, 1.807) is 35.4 Å². The number of urea groups is 1. The minimum absolute atomic E-state index is 0.0897. The lowest BCUT2D eigenvalue weighted by atomic mass is 10.2. The predicted octanol–water partition coefficient (Wildman–Crippen LogP) is 1.80. The standard InChI is InChI=1S/C14H14N4O2/c19-13(12-2-1-7-15-12)17-10-3-5-11(6-4-10)18-9-8-16-14(18)20/h1-7,15H,8-9H2,(H,16,20)(H,17,19). The van der Waals surface area contributed by atoms with Gasteiger partial charge < -0.3 is 15.6 Å². The summed E-state index contributed by atoms with van der Waals surface area (Å²) in [5, 5.41) is 5.53. The molecule has 2 aromatic rings. The Kier molecular flexibility index (Phi) is 3.12. The highest BCUT2D eigenvalue weighted by Crippen LogP contribution is 2.19. The topological polar surface area (TPSA) is 77.2 Å². The summed E-state index contributed by atoms with van der Waals surface area (Å²) < 4.78 is 0. The smallest absolute Gasteiger partial charge is 0.321 e. The fraction of sp³-hybridized carbons (Fsp3) is 0.143. The van der Waals surface area contributed by atoms with Gasteiger partial charge >= 0.3 is 6.03 Å². The van der Waals surface area contributed by atoms with E-state index in [2.05, 4.69) is 15.6 Å². The summed E-state index contributed by atoms with van der Waals surface area (Å²) in [6.45, 7) is 1.32. The molecule has 0 aliphatic carbocycles. The van der Waals surface area contributed by atoms with Crippen molar-refractivity contribution in [3.05, 3.63) is 48.3 Å². The maximum atomic E-state index is 11.9. The highest BCUT2D eigenvalue weighted by Gasteiger charge is 2.20. The Morgan fingerprint density at radius 2 is 2.00 bits per heavy atom. The Bertz CT molecular complexity index is 619. The zero-order valence-corrected chi connectivity index (χ0v) is 10.7. The third-order valence-electron chi connectivity index (χ3n) is 3.14. The van der Waals surface area contributed by atoms with Crippen molar-refractivity contribution in [2.75, 3.05) is 23.3 Å². The fourth-order valence-electron chi connectivity index (χ4n) is 2.11. The van der Waals surface area contributed by atoms with Crippen LogP contribution >= 0.6 is 0 Å². The molecule has 20 heavy (non-hydrogen) atoms. The van der Waals surface area contributed by atoms with Crippen molar-refractivity contribution in [2.24, 2.45) is 0 Å². The van der Waals surface area contributed by atoms with Crippen LogP contribution in [0.1, 0.15) is 10.5 Å². The maximum Gasteiger partial charge on any atom is 0.321 e. The van der Waals surface area contributed by atoms with E-state index >= 15 is 0 Å². The summed E-state index contributed by atoms with van der Waals surface area (Å²) in [4.78, 5) is 27.9. The van der Waals surface area contributed by atoms with E-state index in [0.29, 0.717) is 24.5 Å². The lowest BCUT2D eigenvalue weighted by Crippen LogP contribution is -2.27. The molecule has 3 rings (SSSR count). The zero-order chi connectivity index (χ0) is 13.9. The number of aromatic nitrogens is 1. The minimum atomic E-state index is -0.193. The first-order valence-corrected chi connectivity index (χ1v) is 6.34. The van der Waals surface area contributed by atoms with Gasteiger partial charge in [-0.3, -0.25) is 9.69 Å². The number of nitrogens with zero attached hydrogens (tertiary/aromatic N) is 1. The van der Waals surface area contributed by atoms with Gasteiger partial charge in [-0.15, -0.1) is 0 Å². The van der Waals surface area contributed by atoms with Crippen molar-refractivity contribution in [3.8, 4) is 0 Å². The molecule has 102 valence electrons. The van der Waals surface area contributed by atoms with E-state index in [4.69, 9.17) is 0 Å². The zero-order valence-electron chi connectivity index (χ0n) is 10.7. The van der Waals surface area contributed by atoms with Gasteiger partial charge in [0.1, 0.15) is 5.69 Å². The first-order chi connectivity index (χ1) is 9.74. The summed E-state index contributed by atoms with van der Waals surface area (Å²) in [6, 6.07) is 10.6. The van der Waals surface area contributed by atoms with Crippen LogP contribution in [-0.2, 0) is 0 Å². The van der Waals surface area contributed by atoms with Gasteiger partial charge in [0.2, 0.25) is 0 Å². The summed E-state index contributed by atoms with van der Waals surface area (Å²) in [5.74, 6) is -0.193. The lowest BCUT2D eigenvalue weighted by molar-refractivity contribution is 0.102. The lowest BCUT2D eigenvalue weighted by Gasteiger charge is -2.14. The highest BCUT2D eigenvalue weighted by molar-refractivity contribution is 6.03. The van der Waals surface area contributed by atoms with Gasteiger partial charge in [-0.1, -0.05) is 0 Å². The number of amides is 3. The molecule has 1 aliphatic heterocycles. The number of hydrogen-bond donors (Lipinski definition) is 3. The molecule has 6 heteroatoms. The molecule has 0 atom stereocenters. The van der Waals surface area contributed by atoms with Crippen molar-refractivity contribution < 1.29 is 9.59 Å². The first kappa shape index (κ1) is 12.3. The Morgan fingerprint density at radius 1 is 1.20 bits per heavy atom. The van der Waals surface area contributed by atoms with E-state index < -0.39 is 0 Å². The molecule has 0 bridgehead atoms. The van der Waals surface area contributed by atoms with Crippen molar-refractivity contribution >= 4 is 23.3 Å². The number of hydrogen-bond acceptors (Lipinski definition) is 2. The minimum Gasteiger partial charge on any atom is -0.357 e. The van der Waals surface area contributed by atoms with Crippen LogP contribution in [0.2, 0.25) is 0 Å². The second-order valence-electron chi connectivity index (χ2n) is 4.47. The van der Waals surface area contributed by atoms with Crippen LogP contribution in [-0.4, -0.2) is 30.0 Å². The Morgan fingerprint density at radius 3 is 2.60 bits per heavy atom. The quantitative estimate of drug-likeness (QED) is 0.795. The third kappa shape index (κ3) is 2.35. The number of rotatable bonds is 3. The second kappa shape index (κ2) is 5.08. The third-order valence-corrected chi connectivity index (χ3v) is 3.14. The molecule has 1 saturated heterocycles. The van der Waals surface area contributed by atoms with Crippen LogP contribution in [0.15, 0.2) is 42.6 Å². The van der Waals surface area contributed by atoms with Crippen LogP contribution in [0.3, 0.4) is 0 Å². The average molecular weight is 270 g/mol. The molecular weight excluding hydrogens is 256 g/mol. The van der Waals surface area contributed by atoms with Crippen LogP contribution in [0.4, 0.5) is 16.2 Å². The number of carbonyl (C=O) groups excluding carboxylic acids is 2. The fourth-order valence-corrected chi connectivity index (χ4v) is 2.11. The average Bonchev–Trinajstić information content (AvgIpc) is 3.11.